The monoisotopic (exact) mass is 259 g/mol. The molecule has 19 heavy (non-hydrogen) atoms. The van der Waals surface area contributed by atoms with Gasteiger partial charge in [-0.25, -0.2) is 0 Å². The first kappa shape index (κ1) is 12.1. The molecule has 0 spiro atoms. The van der Waals surface area contributed by atoms with E-state index in [2.05, 4.69) is 6.92 Å². The lowest BCUT2D eigenvalue weighted by Gasteiger charge is -2.13. The number of rotatable bonds is 2. The number of benzene rings is 1. The Kier molecular flexibility index (Phi) is 3.17. The van der Waals surface area contributed by atoms with E-state index < -0.39 is 0 Å². The van der Waals surface area contributed by atoms with Gasteiger partial charge in [0.05, 0.1) is 31.8 Å². The van der Waals surface area contributed by atoms with Crippen molar-refractivity contribution in [3.8, 4) is 11.5 Å². The van der Waals surface area contributed by atoms with Gasteiger partial charge in [0.15, 0.2) is 11.5 Å². The van der Waals surface area contributed by atoms with Gasteiger partial charge in [0.25, 0.3) is 0 Å². The van der Waals surface area contributed by atoms with Crippen LogP contribution in [0.25, 0.3) is 0 Å². The number of ether oxygens (including phenoxy) is 2. The Labute approximate surface area is 112 Å². The van der Waals surface area contributed by atoms with Crippen LogP contribution in [-0.4, -0.2) is 13.2 Å². The molecule has 0 aliphatic carbocycles. The van der Waals surface area contributed by atoms with E-state index in [4.69, 9.17) is 19.6 Å². The molecule has 0 saturated carbocycles. The third kappa shape index (κ3) is 2.44. The molecule has 3 rings (SSSR count). The highest BCUT2D eigenvalue weighted by Gasteiger charge is 2.18. The number of hydrogen-bond donors (Lipinski definition) is 1. The first-order chi connectivity index (χ1) is 9.24. The van der Waals surface area contributed by atoms with Crippen molar-refractivity contribution in [3.05, 3.63) is 47.9 Å². The third-order valence-corrected chi connectivity index (χ3v) is 3.28. The van der Waals surface area contributed by atoms with Gasteiger partial charge < -0.3 is 19.6 Å². The lowest BCUT2D eigenvalue weighted by molar-refractivity contribution is 0.228. The summed E-state index contributed by atoms with van der Waals surface area (Å²) in [6.45, 7) is 3.45. The topological polar surface area (TPSA) is 57.6 Å². The molecule has 2 heterocycles. The zero-order chi connectivity index (χ0) is 13.2. The fourth-order valence-corrected chi connectivity index (χ4v) is 2.11. The maximum atomic E-state index is 6.20. The second-order valence-electron chi connectivity index (χ2n) is 4.97. The second kappa shape index (κ2) is 4.97. The van der Waals surface area contributed by atoms with Crippen LogP contribution in [0.2, 0.25) is 0 Å². The Morgan fingerprint density at radius 1 is 1.11 bits per heavy atom. The Morgan fingerprint density at radius 3 is 2.63 bits per heavy atom. The van der Waals surface area contributed by atoms with Crippen LogP contribution in [0.5, 0.6) is 11.5 Å². The Hall–Kier alpha value is -1.94. The molecular weight excluding hydrogens is 242 g/mol. The van der Waals surface area contributed by atoms with Gasteiger partial charge in [-0.1, -0.05) is 13.0 Å². The molecule has 2 N–H and O–H groups in total. The summed E-state index contributed by atoms with van der Waals surface area (Å²) in [5.41, 5.74) is 8.14. The van der Waals surface area contributed by atoms with Gasteiger partial charge in [0.1, 0.15) is 0 Å². The number of fused-ring (bicyclic) bond motifs is 1. The van der Waals surface area contributed by atoms with Crippen LogP contribution in [0.1, 0.15) is 24.1 Å². The normalized spacial score (nSPS) is 19.8. The van der Waals surface area contributed by atoms with Gasteiger partial charge in [-0.05, 0) is 23.8 Å². The van der Waals surface area contributed by atoms with Crippen molar-refractivity contribution in [1.29, 1.82) is 0 Å². The van der Waals surface area contributed by atoms with Crippen molar-refractivity contribution < 1.29 is 13.9 Å². The highest BCUT2D eigenvalue weighted by atomic mass is 16.5. The molecule has 4 heteroatoms. The maximum absolute atomic E-state index is 6.20. The predicted molar refractivity (Wildman–Crippen MR) is 71.3 cm³/mol. The van der Waals surface area contributed by atoms with Crippen LogP contribution in [0.15, 0.2) is 41.2 Å². The largest absolute Gasteiger partial charge is 0.489 e. The zero-order valence-electron chi connectivity index (χ0n) is 10.8. The molecule has 0 bridgehead atoms. The van der Waals surface area contributed by atoms with Crippen LogP contribution >= 0.6 is 0 Å². The average Bonchev–Trinajstić information content (AvgIpc) is 2.90. The van der Waals surface area contributed by atoms with Crippen molar-refractivity contribution in [3.63, 3.8) is 0 Å². The van der Waals surface area contributed by atoms with Crippen LogP contribution in [-0.2, 0) is 0 Å². The van der Waals surface area contributed by atoms with E-state index in [0.29, 0.717) is 19.1 Å². The molecule has 0 saturated heterocycles. The van der Waals surface area contributed by atoms with Crippen LogP contribution in [0.3, 0.4) is 0 Å². The highest BCUT2D eigenvalue weighted by Crippen LogP contribution is 2.34. The van der Waals surface area contributed by atoms with E-state index in [1.165, 1.54) is 0 Å². The summed E-state index contributed by atoms with van der Waals surface area (Å²) in [6.07, 6.45) is 3.29. The van der Waals surface area contributed by atoms with Crippen molar-refractivity contribution in [2.75, 3.05) is 13.2 Å². The molecule has 2 atom stereocenters. The minimum atomic E-state index is -0.215. The Morgan fingerprint density at radius 2 is 1.89 bits per heavy atom. The molecule has 0 fully saturated rings. The zero-order valence-corrected chi connectivity index (χ0v) is 10.8. The van der Waals surface area contributed by atoms with Gasteiger partial charge in [-0.15, -0.1) is 0 Å². The molecule has 1 aromatic carbocycles. The molecule has 2 unspecified atom stereocenters. The summed E-state index contributed by atoms with van der Waals surface area (Å²) in [6, 6.07) is 7.49. The molecule has 0 amide bonds. The van der Waals surface area contributed by atoms with Crippen molar-refractivity contribution in [1.82, 2.24) is 0 Å². The molecule has 1 aromatic heterocycles. The first-order valence-corrected chi connectivity index (χ1v) is 6.41. The first-order valence-electron chi connectivity index (χ1n) is 6.41. The Balaban J connectivity index is 1.89. The Bertz CT molecular complexity index is 551. The van der Waals surface area contributed by atoms with Crippen molar-refractivity contribution in [2.24, 2.45) is 11.7 Å². The second-order valence-corrected chi connectivity index (χ2v) is 4.97. The SMILES string of the molecule is CC1COc2ccc(C(N)c3ccoc3)cc2OC1. The molecule has 0 radical (unpaired) electrons. The summed E-state index contributed by atoms with van der Waals surface area (Å²) >= 11 is 0. The van der Waals surface area contributed by atoms with Crippen LogP contribution in [0, 0.1) is 5.92 Å². The van der Waals surface area contributed by atoms with E-state index in [9.17, 15) is 0 Å². The number of furan rings is 1. The van der Waals surface area contributed by atoms with Gasteiger partial charge in [0, 0.05) is 11.5 Å². The number of nitrogens with two attached hydrogens (primary N) is 1. The lowest BCUT2D eigenvalue weighted by Crippen LogP contribution is -2.12. The lowest BCUT2D eigenvalue weighted by atomic mass is 10.0. The van der Waals surface area contributed by atoms with Gasteiger partial charge in [-0.3, -0.25) is 0 Å². The molecule has 1 aliphatic rings. The quantitative estimate of drug-likeness (QED) is 0.901. The van der Waals surface area contributed by atoms with E-state index in [0.717, 1.165) is 22.6 Å². The average molecular weight is 259 g/mol. The maximum Gasteiger partial charge on any atom is 0.161 e. The summed E-state index contributed by atoms with van der Waals surface area (Å²) in [5.74, 6) is 1.94. The van der Waals surface area contributed by atoms with E-state index in [1.54, 1.807) is 12.5 Å². The molecule has 1 aliphatic heterocycles. The summed E-state index contributed by atoms with van der Waals surface area (Å²) in [5, 5.41) is 0. The van der Waals surface area contributed by atoms with Crippen molar-refractivity contribution in [2.45, 2.75) is 13.0 Å². The third-order valence-electron chi connectivity index (χ3n) is 3.28. The fraction of sp³-hybridized carbons (Fsp3) is 0.333. The van der Waals surface area contributed by atoms with Gasteiger partial charge in [0.2, 0.25) is 0 Å². The van der Waals surface area contributed by atoms with Crippen molar-refractivity contribution >= 4 is 0 Å². The summed E-state index contributed by atoms with van der Waals surface area (Å²) in [7, 11) is 0. The fourth-order valence-electron chi connectivity index (χ4n) is 2.11. The standard InChI is InChI=1S/C15H17NO3/c1-10-7-18-13-3-2-11(6-14(13)19-8-10)15(16)12-4-5-17-9-12/h2-6,9-10,15H,7-8,16H2,1H3. The van der Waals surface area contributed by atoms with Gasteiger partial charge in [-0.2, -0.15) is 0 Å². The van der Waals surface area contributed by atoms with Crippen LogP contribution in [0.4, 0.5) is 0 Å². The van der Waals surface area contributed by atoms with E-state index in [1.807, 2.05) is 24.3 Å². The molecule has 100 valence electrons. The summed E-state index contributed by atoms with van der Waals surface area (Å²) in [4.78, 5) is 0. The van der Waals surface area contributed by atoms with E-state index in [-0.39, 0.29) is 6.04 Å². The van der Waals surface area contributed by atoms with Gasteiger partial charge >= 0.3 is 0 Å². The minimum absolute atomic E-state index is 0.215. The van der Waals surface area contributed by atoms with Crippen LogP contribution < -0.4 is 15.2 Å². The smallest absolute Gasteiger partial charge is 0.161 e. The number of hydrogen-bond acceptors (Lipinski definition) is 4. The predicted octanol–water partition coefficient (Wildman–Crippen LogP) is 2.74. The molecule has 4 nitrogen and oxygen atoms in total. The molecule has 2 aromatic rings. The highest BCUT2D eigenvalue weighted by molar-refractivity contribution is 5.45. The summed E-state index contributed by atoms with van der Waals surface area (Å²) < 4.78 is 16.5. The minimum Gasteiger partial charge on any atom is -0.489 e. The molecular formula is C15H17NO3. The van der Waals surface area contributed by atoms with E-state index >= 15 is 0 Å².